The number of benzene rings is 1. The molecular formula is C16H19N3O3. The second-order valence-corrected chi connectivity index (χ2v) is 5.84. The highest BCUT2D eigenvalue weighted by molar-refractivity contribution is 5.93. The van der Waals surface area contributed by atoms with E-state index in [4.69, 9.17) is 10.8 Å². The van der Waals surface area contributed by atoms with Gasteiger partial charge in [-0.2, -0.15) is 0 Å². The van der Waals surface area contributed by atoms with Gasteiger partial charge in [-0.1, -0.05) is 0 Å². The summed E-state index contributed by atoms with van der Waals surface area (Å²) >= 11 is 0. The topological polar surface area (TPSA) is 108 Å². The molecule has 1 aliphatic carbocycles. The summed E-state index contributed by atoms with van der Waals surface area (Å²) in [4.78, 5) is 26.6. The predicted molar refractivity (Wildman–Crippen MR) is 83.6 cm³/mol. The first-order chi connectivity index (χ1) is 10.5. The molecule has 1 aromatic heterocycles. The molecule has 1 amide bonds. The van der Waals surface area contributed by atoms with Crippen molar-refractivity contribution in [2.24, 2.45) is 0 Å². The van der Waals surface area contributed by atoms with Gasteiger partial charge in [0.2, 0.25) is 5.91 Å². The summed E-state index contributed by atoms with van der Waals surface area (Å²) in [7, 11) is 0. The number of rotatable bonds is 3. The molecule has 0 bridgehead atoms. The number of anilines is 1. The number of aromatic amines is 1. The maximum absolute atomic E-state index is 12.4. The van der Waals surface area contributed by atoms with Crippen molar-refractivity contribution in [3.05, 3.63) is 29.5 Å². The summed E-state index contributed by atoms with van der Waals surface area (Å²) in [5.74, 6) is -1.61. The van der Waals surface area contributed by atoms with E-state index >= 15 is 0 Å². The van der Waals surface area contributed by atoms with Crippen molar-refractivity contribution in [3.63, 3.8) is 0 Å². The van der Waals surface area contributed by atoms with Crippen molar-refractivity contribution in [2.75, 3.05) is 5.73 Å². The first-order valence-electron chi connectivity index (χ1n) is 7.40. The molecule has 0 fully saturated rings. The Morgan fingerprint density at radius 3 is 2.95 bits per heavy atom. The molecule has 2 unspecified atom stereocenters. The summed E-state index contributed by atoms with van der Waals surface area (Å²) in [5.41, 5.74) is 9.52. The highest BCUT2D eigenvalue weighted by atomic mass is 16.4. The fraction of sp³-hybridized carbons (Fsp3) is 0.375. The van der Waals surface area contributed by atoms with E-state index in [1.807, 2.05) is 18.2 Å². The maximum Gasteiger partial charge on any atom is 0.325 e. The van der Waals surface area contributed by atoms with Crippen molar-refractivity contribution >= 4 is 28.5 Å². The van der Waals surface area contributed by atoms with Gasteiger partial charge in [0.1, 0.15) is 6.04 Å². The number of hydrogen-bond acceptors (Lipinski definition) is 3. The van der Waals surface area contributed by atoms with E-state index in [0.717, 1.165) is 35.0 Å². The smallest absolute Gasteiger partial charge is 0.325 e. The standard InChI is InChI=1S/C16H19N3O3/c1-8(16(21)22)18-15(20)11-4-2-3-10-12-7-9(17)5-6-13(12)19-14(10)11/h5-8,11,19H,2-4,17H2,1H3,(H,18,20)(H,21,22). The Hall–Kier alpha value is -2.50. The van der Waals surface area contributed by atoms with Gasteiger partial charge in [-0.25, -0.2) is 0 Å². The van der Waals surface area contributed by atoms with Crippen LogP contribution in [0.5, 0.6) is 0 Å². The molecule has 0 radical (unpaired) electrons. The van der Waals surface area contributed by atoms with E-state index in [9.17, 15) is 9.59 Å². The Morgan fingerprint density at radius 2 is 2.23 bits per heavy atom. The van der Waals surface area contributed by atoms with Crippen LogP contribution in [-0.2, 0) is 16.0 Å². The number of nitrogen functional groups attached to an aromatic ring is 1. The monoisotopic (exact) mass is 301 g/mol. The van der Waals surface area contributed by atoms with Crippen LogP contribution in [0.1, 0.15) is 36.9 Å². The van der Waals surface area contributed by atoms with Crippen LogP contribution < -0.4 is 11.1 Å². The van der Waals surface area contributed by atoms with Gasteiger partial charge in [-0.3, -0.25) is 9.59 Å². The fourth-order valence-corrected chi connectivity index (χ4v) is 3.12. The van der Waals surface area contributed by atoms with Crippen molar-refractivity contribution in [2.45, 2.75) is 38.1 Å². The Balaban J connectivity index is 1.96. The summed E-state index contributed by atoms with van der Waals surface area (Å²) in [6.07, 6.45) is 2.51. The Morgan fingerprint density at radius 1 is 1.45 bits per heavy atom. The van der Waals surface area contributed by atoms with Gasteiger partial charge in [0, 0.05) is 22.3 Å². The number of fused-ring (bicyclic) bond motifs is 3. The molecule has 1 aliphatic rings. The van der Waals surface area contributed by atoms with Crippen molar-refractivity contribution in [1.82, 2.24) is 10.3 Å². The van der Waals surface area contributed by atoms with Crippen LogP contribution in [-0.4, -0.2) is 28.0 Å². The Labute approximate surface area is 127 Å². The third kappa shape index (κ3) is 2.41. The molecule has 1 aromatic carbocycles. The first kappa shape index (κ1) is 14.4. The summed E-state index contributed by atoms with van der Waals surface area (Å²) in [5, 5.41) is 12.5. The van der Waals surface area contributed by atoms with Gasteiger partial charge in [0.25, 0.3) is 0 Å². The van der Waals surface area contributed by atoms with E-state index in [0.29, 0.717) is 12.1 Å². The van der Waals surface area contributed by atoms with Crippen LogP contribution in [0.15, 0.2) is 18.2 Å². The number of aryl methyl sites for hydroxylation is 1. The van der Waals surface area contributed by atoms with E-state index < -0.39 is 12.0 Å². The molecule has 0 saturated heterocycles. The molecule has 2 atom stereocenters. The van der Waals surface area contributed by atoms with Crippen LogP contribution in [0, 0.1) is 0 Å². The van der Waals surface area contributed by atoms with Gasteiger partial charge >= 0.3 is 5.97 Å². The zero-order valence-electron chi connectivity index (χ0n) is 12.3. The lowest BCUT2D eigenvalue weighted by atomic mass is 9.86. The number of aromatic nitrogens is 1. The predicted octanol–water partition coefficient (Wildman–Crippen LogP) is 1.76. The molecular weight excluding hydrogens is 282 g/mol. The van der Waals surface area contributed by atoms with Crippen LogP contribution in [0.3, 0.4) is 0 Å². The summed E-state index contributed by atoms with van der Waals surface area (Å²) in [6.45, 7) is 1.47. The van der Waals surface area contributed by atoms with E-state index in [-0.39, 0.29) is 11.8 Å². The average Bonchev–Trinajstić information content (AvgIpc) is 2.84. The average molecular weight is 301 g/mol. The molecule has 0 saturated carbocycles. The third-order valence-corrected chi connectivity index (χ3v) is 4.28. The van der Waals surface area contributed by atoms with Crippen molar-refractivity contribution in [1.29, 1.82) is 0 Å². The summed E-state index contributed by atoms with van der Waals surface area (Å²) in [6, 6.07) is 4.77. The minimum Gasteiger partial charge on any atom is -0.480 e. The van der Waals surface area contributed by atoms with Crippen molar-refractivity contribution < 1.29 is 14.7 Å². The van der Waals surface area contributed by atoms with E-state index in [2.05, 4.69) is 10.3 Å². The Kier molecular flexibility index (Phi) is 3.52. The quantitative estimate of drug-likeness (QED) is 0.648. The minimum absolute atomic E-state index is 0.240. The van der Waals surface area contributed by atoms with Gasteiger partial charge in [-0.05, 0) is 49.9 Å². The van der Waals surface area contributed by atoms with Gasteiger partial charge in [0.15, 0.2) is 0 Å². The zero-order valence-corrected chi connectivity index (χ0v) is 12.3. The molecule has 116 valence electrons. The summed E-state index contributed by atoms with van der Waals surface area (Å²) < 4.78 is 0. The number of carboxylic acids is 1. The molecule has 22 heavy (non-hydrogen) atoms. The maximum atomic E-state index is 12.4. The van der Waals surface area contributed by atoms with Gasteiger partial charge < -0.3 is 21.1 Å². The molecule has 5 N–H and O–H groups in total. The number of H-pyrrole nitrogens is 1. The molecule has 0 spiro atoms. The van der Waals surface area contributed by atoms with Gasteiger partial charge in [-0.15, -0.1) is 0 Å². The van der Waals surface area contributed by atoms with Gasteiger partial charge in [0.05, 0.1) is 5.92 Å². The Bertz CT molecular complexity index is 750. The molecule has 6 nitrogen and oxygen atoms in total. The fourth-order valence-electron chi connectivity index (χ4n) is 3.12. The minimum atomic E-state index is -1.03. The van der Waals surface area contributed by atoms with E-state index in [1.54, 1.807) is 0 Å². The number of nitrogens with one attached hydrogen (secondary N) is 2. The first-order valence-corrected chi connectivity index (χ1v) is 7.40. The number of nitrogens with two attached hydrogens (primary N) is 1. The lowest BCUT2D eigenvalue weighted by Crippen LogP contribution is -2.41. The second-order valence-electron chi connectivity index (χ2n) is 5.84. The lowest BCUT2D eigenvalue weighted by molar-refractivity contribution is -0.141. The van der Waals surface area contributed by atoms with E-state index in [1.165, 1.54) is 6.92 Å². The van der Waals surface area contributed by atoms with Crippen LogP contribution in [0.2, 0.25) is 0 Å². The lowest BCUT2D eigenvalue weighted by Gasteiger charge is -2.23. The van der Waals surface area contributed by atoms with Crippen molar-refractivity contribution in [3.8, 4) is 0 Å². The normalized spacial score (nSPS) is 18.7. The molecule has 1 heterocycles. The largest absolute Gasteiger partial charge is 0.480 e. The number of aliphatic carboxylic acids is 1. The number of hydrogen-bond donors (Lipinski definition) is 4. The third-order valence-electron chi connectivity index (χ3n) is 4.28. The molecule has 2 aromatic rings. The highest BCUT2D eigenvalue weighted by Crippen LogP contribution is 2.36. The van der Waals surface area contributed by atoms with Crippen LogP contribution in [0.25, 0.3) is 10.9 Å². The number of carbonyl (C=O) groups excluding carboxylic acids is 1. The number of amides is 1. The molecule has 6 heteroatoms. The zero-order chi connectivity index (χ0) is 15.9. The van der Waals surface area contributed by atoms with Crippen LogP contribution >= 0.6 is 0 Å². The number of carboxylic acid groups (broad SMARTS) is 1. The molecule has 3 rings (SSSR count). The van der Waals surface area contributed by atoms with Crippen LogP contribution in [0.4, 0.5) is 5.69 Å². The SMILES string of the molecule is CC(NC(=O)C1CCCc2c1[nH]c1ccc(N)cc21)C(=O)O. The number of carbonyl (C=O) groups is 2. The highest BCUT2D eigenvalue weighted by Gasteiger charge is 2.31. The molecule has 0 aliphatic heterocycles. The second kappa shape index (κ2) is 5.36.